The third kappa shape index (κ3) is 4.56. The molecule has 2 aromatic rings. The van der Waals surface area contributed by atoms with Gasteiger partial charge in [-0.15, -0.1) is 0 Å². The Labute approximate surface area is 174 Å². The molecular weight excluding hydrogens is 423 g/mol. The van der Waals surface area contributed by atoms with E-state index in [2.05, 4.69) is 10.1 Å². The van der Waals surface area contributed by atoms with Crippen LogP contribution in [0.1, 0.15) is 61.3 Å². The molecule has 2 heterocycles. The lowest BCUT2D eigenvalue weighted by Gasteiger charge is -2.23. The number of amides is 1. The maximum Gasteiger partial charge on any atom is 0.267 e. The zero-order chi connectivity index (χ0) is 22.3. The molecule has 1 unspecified atom stereocenters. The fourth-order valence-corrected chi connectivity index (χ4v) is 3.93. The minimum atomic E-state index is -3.14. The van der Waals surface area contributed by atoms with Crippen LogP contribution in [0.15, 0.2) is 16.7 Å². The SMILES string of the molecule is NC(CC(=O)N1CC(F)(F)C[C@H]1c1nc(C2CCC2)no1)Cc1cc(F)c(F)cc1F. The lowest BCUT2D eigenvalue weighted by atomic mass is 9.85. The molecule has 31 heavy (non-hydrogen) atoms. The standard InChI is InChI=1S/C20H21F5N4O2/c21-13-7-15(23)14(22)5-11(13)4-12(26)6-17(30)29-9-20(24,25)8-16(29)19-27-18(28-31-19)10-2-1-3-10/h5,7,10,12,16H,1-4,6,8-9,26H2/t12?,16-/m0/s1. The largest absolute Gasteiger partial charge is 0.337 e. The highest BCUT2D eigenvalue weighted by Gasteiger charge is 2.50. The summed E-state index contributed by atoms with van der Waals surface area (Å²) < 4.78 is 73.7. The van der Waals surface area contributed by atoms with Crippen LogP contribution in [0.5, 0.6) is 0 Å². The molecule has 168 valence electrons. The summed E-state index contributed by atoms with van der Waals surface area (Å²) >= 11 is 0. The third-order valence-electron chi connectivity index (χ3n) is 5.81. The highest BCUT2D eigenvalue weighted by Crippen LogP contribution is 2.42. The van der Waals surface area contributed by atoms with Crippen LogP contribution in [0.4, 0.5) is 22.0 Å². The first-order chi connectivity index (χ1) is 14.6. The van der Waals surface area contributed by atoms with Crippen LogP contribution in [0, 0.1) is 17.5 Å². The number of benzene rings is 1. The van der Waals surface area contributed by atoms with Gasteiger partial charge in [0.15, 0.2) is 17.5 Å². The van der Waals surface area contributed by atoms with Crippen molar-refractivity contribution in [2.75, 3.05) is 6.54 Å². The number of halogens is 5. The first-order valence-electron chi connectivity index (χ1n) is 10.0. The van der Waals surface area contributed by atoms with E-state index in [1.807, 2.05) is 0 Å². The van der Waals surface area contributed by atoms with Crippen LogP contribution in [-0.4, -0.2) is 39.5 Å². The van der Waals surface area contributed by atoms with Crippen molar-refractivity contribution >= 4 is 5.91 Å². The predicted octanol–water partition coefficient (Wildman–Crippen LogP) is 3.62. The van der Waals surface area contributed by atoms with E-state index >= 15 is 0 Å². The second kappa shape index (κ2) is 8.18. The van der Waals surface area contributed by atoms with Crippen molar-refractivity contribution < 1.29 is 31.3 Å². The van der Waals surface area contributed by atoms with Crippen molar-refractivity contribution in [3.63, 3.8) is 0 Å². The van der Waals surface area contributed by atoms with Gasteiger partial charge in [-0.25, -0.2) is 22.0 Å². The number of hydrogen-bond donors (Lipinski definition) is 1. The van der Waals surface area contributed by atoms with Gasteiger partial charge < -0.3 is 15.2 Å². The summed E-state index contributed by atoms with van der Waals surface area (Å²) in [5.74, 6) is -6.86. The minimum Gasteiger partial charge on any atom is -0.337 e. The molecule has 1 amide bonds. The van der Waals surface area contributed by atoms with Crippen molar-refractivity contribution in [3.05, 3.63) is 46.9 Å². The molecule has 4 rings (SSSR count). The van der Waals surface area contributed by atoms with E-state index in [9.17, 15) is 26.7 Å². The quantitative estimate of drug-likeness (QED) is 0.543. The Morgan fingerprint density at radius 3 is 2.61 bits per heavy atom. The summed E-state index contributed by atoms with van der Waals surface area (Å²) in [7, 11) is 0. The third-order valence-corrected chi connectivity index (χ3v) is 5.81. The van der Waals surface area contributed by atoms with Gasteiger partial charge in [-0.3, -0.25) is 4.79 Å². The van der Waals surface area contributed by atoms with Crippen molar-refractivity contribution in [1.29, 1.82) is 0 Å². The number of nitrogens with zero attached hydrogens (tertiary/aromatic N) is 3. The zero-order valence-electron chi connectivity index (χ0n) is 16.5. The Morgan fingerprint density at radius 1 is 1.23 bits per heavy atom. The molecular formula is C20H21F5N4O2. The number of alkyl halides is 2. The smallest absolute Gasteiger partial charge is 0.267 e. The lowest BCUT2D eigenvalue weighted by molar-refractivity contribution is -0.134. The highest BCUT2D eigenvalue weighted by molar-refractivity contribution is 5.77. The van der Waals surface area contributed by atoms with Crippen LogP contribution in [0.2, 0.25) is 0 Å². The first kappa shape index (κ1) is 21.7. The van der Waals surface area contributed by atoms with Gasteiger partial charge in [-0.2, -0.15) is 4.98 Å². The van der Waals surface area contributed by atoms with E-state index in [4.69, 9.17) is 10.3 Å². The van der Waals surface area contributed by atoms with Crippen LogP contribution >= 0.6 is 0 Å². The van der Waals surface area contributed by atoms with Gasteiger partial charge in [0.2, 0.25) is 11.8 Å². The summed E-state index contributed by atoms with van der Waals surface area (Å²) in [6.07, 6.45) is 1.52. The number of rotatable bonds is 6. The molecule has 0 spiro atoms. The van der Waals surface area contributed by atoms with Gasteiger partial charge >= 0.3 is 0 Å². The van der Waals surface area contributed by atoms with Crippen molar-refractivity contribution in [3.8, 4) is 0 Å². The predicted molar refractivity (Wildman–Crippen MR) is 97.5 cm³/mol. The molecule has 1 aliphatic carbocycles. The summed E-state index contributed by atoms with van der Waals surface area (Å²) in [6, 6.07) is -1.01. The zero-order valence-corrected chi connectivity index (χ0v) is 16.5. The second-order valence-corrected chi connectivity index (χ2v) is 8.24. The average Bonchev–Trinajstić information content (AvgIpc) is 3.22. The van der Waals surface area contributed by atoms with E-state index < -0.39 is 60.8 Å². The molecule has 2 atom stereocenters. The topological polar surface area (TPSA) is 85.3 Å². The molecule has 1 saturated carbocycles. The molecule has 1 saturated heterocycles. The van der Waals surface area contributed by atoms with E-state index in [1.165, 1.54) is 0 Å². The molecule has 2 N–H and O–H groups in total. The Morgan fingerprint density at radius 2 is 1.94 bits per heavy atom. The molecule has 0 radical (unpaired) electrons. The number of hydrogen-bond acceptors (Lipinski definition) is 5. The van der Waals surface area contributed by atoms with Crippen LogP contribution in [0.3, 0.4) is 0 Å². The van der Waals surface area contributed by atoms with E-state index in [-0.39, 0.29) is 23.8 Å². The number of carbonyl (C=O) groups excluding carboxylic acids is 1. The normalized spacial score (nSPS) is 21.9. The van der Waals surface area contributed by atoms with Crippen molar-refractivity contribution in [1.82, 2.24) is 15.0 Å². The Kier molecular flexibility index (Phi) is 5.71. The molecule has 1 aliphatic heterocycles. The van der Waals surface area contributed by atoms with Crippen molar-refractivity contribution in [2.45, 2.75) is 62.4 Å². The maximum atomic E-state index is 14.1. The fourth-order valence-electron chi connectivity index (χ4n) is 3.93. The molecule has 2 fully saturated rings. The Hall–Kier alpha value is -2.56. The van der Waals surface area contributed by atoms with Crippen LogP contribution < -0.4 is 5.73 Å². The molecule has 2 aliphatic rings. The van der Waals surface area contributed by atoms with Gasteiger partial charge in [0.25, 0.3) is 5.92 Å². The molecule has 0 bridgehead atoms. The fraction of sp³-hybridized carbons (Fsp3) is 0.550. The summed E-state index contributed by atoms with van der Waals surface area (Å²) in [6.45, 7) is -0.829. The van der Waals surface area contributed by atoms with E-state index in [0.29, 0.717) is 18.0 Å². The second-order valence-electron chi connectivity index (χ2n) is 8.24. The highest BCUT2D eigenvalue weighted by atomic mass is 19.3. The Bertz CT molecular complexity index is 978. The van der Waals surface area contributed by atoms with Gasteiger partial charge in [-0.05, 0) is 30.9 Å². The molecule has 11 heteroatoms. The minimum absolute atomic E-state index is 0.0485. The molecule has 1 aromatic heterocycles. The monoisotopic (exact) mass is 444 g/mol. The maximum absolute atomic E-state index is 14.1. The van der Waals surface area contributed by atoms with E-state index in [0.717, 1.165) is 24.2 Å². The summed E-state index contributed by atoms with van der Waals surface area (Å²) in [4.78, 5) is 17.9. The number of likely N-dealkylation sites (tertiary alicyclic amines) is 1. The van der Waals surface area contributed by atoms with Crippen molar-refractivity contribution in [2.24, 2.45) is 5.73 Å². The molecule has 1 aromatic carbocycles. The summed E-state index contributed by atoms with van der Waals surface area (Å²) in [5.41, 5.74) is 5.68. The summed E-state index contributed by atoms with van der Waals surface area (Å²) in [5, 5.41) is 3.86. The van der Waals surface area contributed by atoms with Gasteiger partial charge in [0.1, 0.15) is 11.9 Å². The van der Waals surface area contributed by atoms with E-state index in [1.54, 1.807) is 0 Å². The molecule has 6 nitrogen and oxygen atoms in total. The first-order valence-corrected chi connectivity index (χ1v) is 10.0. The average molecular weight is 444 g/mol. The van der Waals surface area contributed by atoms with Crippen LogP contribution in [-0.2, 0) is 11.2 Å². The van der Waals surface area contributed by atoms with Gasteiger partial charge in [-0.1, -0.05) is 11.6 Å². The lowest BCUT2D eigenvalue weighted by Crippen LogP contribution is -2.38. The Balaban J connectivity index is 1.45. The van der Waals surface area contributed by atoms with Gasteiger partial charge in [0, 0.05) is 30.9 Å². The number of nitrogens with two attached hydrogens (primary N) is 1. The van der Waals surface area contributed by atoms with Crippen LogP contribution in [0.25, 0.3) is 0 Å². The number of carbonyl (C=O) groups is 1. The number of aromatic nitrogens is 2. The van der Waals surface area contributed by atoms with Gasteiger partial charge in [0.05, 0.1) is 6.54 Å².